The summed E-state index contributed by atoms with van der Waals surface area (Å²) >= 11 is 0. The smallest absolute Gasteiger partial charge is 0.311 e. The standard InChI is InChI=1S/C74H88N4O12/c1-13-72-25-21-59(79)87-47-30-43(63(83)51(34-47)68(4,5)6)41-78-58-29-42(3)19-20-57(58)77-40-46-33-50-37-54(66(46)86)71(11,12)74-67(72)69(7,8)52-35-48(88-60(80)22-26-72)31-44(64(52)84)38-75-55-17-15-16-18-56(55)76-39-45-32-49(36-53(65(45)85)70(74,9)10)89-61(81)23-27-73(74,14-2)28-24-62(82)90-50/h19,30-41,57-58,67,83-86H,13-18,20-29H2,1-12H3/b75-38+,76-39+,77-40+,78-41+. The number of ether oxygens (including phenoxy) is 4. The monoisotopic (exact) mass is 1220 g/mol. The molecule has 4 aromatic carbocycles. The van der Waals surface area contributed by atoms with Gasteiger partial charge in [0.25, 0.3) is 0 Å². The van der Waals surface area contributed by atoms with E-state index < -0.39 is 79.8 Å². The number of carbonyl (C=O) groups is 4. The minimum atomic E-state index is -1.56. The summed E-state index contributed by atoms with van der Waals surface area (Å²) in [5.41, 5.74) is -3.62. The van der Waals surface area contributed by atoms with Gasteiger partial charge in [0.05, 0.1) is 23.5 Å². The molecule has 7 aliphatic rings. The predicted molar refractivity (Wildman–Crippen MR) is 347 cm³/mol. The number of allylic oxidation sites excluding steroid dienone is 2. The molecule has 2 aliphatic carbocycles. The van der Waals surface area contributed by atoms with Crippen molar-refractivity contribution >= 4 is 48.7 Å². The van der Waals surface area contributed by atoms with Gasteiger partial charge in [0.1, 0.15) is 46.0 Å². The molecule has 6 atom stereocenters. The number of nitrogens with zero attached hydrogens (tertiary/aromatic N) is 4. The van der Waals surface area contributed by atoms with Gasteiger partial charge in [-0.1, -0.05) is 94.2 Å². The molecule has 0 aromatic heterocycles. The zero-order valence-electron chi connectivity index (χ0n) is 54.4. The fourth-order valence-corrected chi connectivity index (χ4v) is 18.0. The van der Waals surface area contributed by atoms with Gasteiger partial charge in [-0.2, -0.15) is 0 Å². The van der Waals surface area contributed by atoms with Crippen LogP contribution < -0.4 is 18.9 Å². The molecule has 476 valence electrons. The molecule has 6 unspecified atom stereocenters. The van der Waals surface area contributed by atoms with Crippen molar-refractivity contribution in [1.29, 1.82) is 0 Å². The molecule has 4 aromatic rings. The molecule has 16 heteroatoms. The Morgan fingerprint density at radius 1 is 0.511 bits per heavy atom. The Balaban J connectivity index is 1.36. The first-order chi connectivity index (χ1) is 42.5. The lowest BCUT2D eigenvalue weighted by atomic mass is 9.28. The largest absolute Gasteiger partial charge is 0.507 e. The van der Waals surface area contributed by atoms with Crippen molar-refractivity contribution < 1.29 is 58.6 Å². The highest BCUT2D eigenvalue weighted by Gasteiger charge is 2.75. The first-order valence-corrected chi connectivity index (χ1v) is 32.3. The molecule has 0 fully saturated rings. The maximum atomic E-state index is 15.5. The number of fused-ring (bicyclic) bond motifs is 9. The van der Waals surface area contributed by atoms with Gasteiger partial charge in [0.2, 0.25) is 0 Å². The van der Waals surface area contributed by atoms with Crippen molar-refractivity contribution in [3.63, 3.8) is 0 Å². The van der Waals surface area contributed by atoms with E-state index >= 15 is 19.2 Å². The summed E-state index contributed by atoms with van der Waals surface area (Å²) in [6.45, 7) is 24.6. The zero-order chi connectivity index (χ0) is 64.7. The van der Waals surface area contributed by atoms with Crippen molar-refractivity contribution in [2.45, 2.75) is 220 Å². The van der Waals surface area contributed by atoms with E-state index in [1.807, 2.05) is 27.7 Å². The Labute approximate surface area is 528 Å². The minimum absolute atomic E-state index is 0.00964. The molecular weight excluding hydrogens is 1140 g/mol. The van der Waals surface area contributed by atoms with Crippen LogP contribution in [0, 0.1) is 22.2 Å². The fourth-order valence-electron chi connectivity index (χ4n) is 18.0. The summed E-state index contributed by atoms with van der Waals surface area (Å²) in [7, 11) is 0. The lowest BCUT2D eigenvalue weighted by Gasteiger charge is -2.74. The summed E-state index contributed by atoms with van der Waals surface area (Å²) < 4.78 is 25.7. The third kappa shape index (κ3) is 10.8. The molecule has 1 spiro atoms. The first-order valence-electron chi connectivity index (χ1n) is 32.3. The number of hydrogen-bond acceptors (Lipinski definition) is 16. The lowest BCUT2D eigenvalue weighted by molar-refractivity contribution is -0.212. The molecule has 4 N–H and O–H groups in total. The second-order valence-corrected chi connectivity index (χ2v) is 29.1. The van der Waals surface area contributed by atoms with E-state index in [1.165, 1.54) is 0 Å². The van der Waals surface area contributed by atoms with Crippen LogP contribution in [0.1, 0.15) is 230 Å². The number of phenols is 4. The molecule has 11 rings (SSSR count). The topological polar surface area (TPSA) is 236 Å². The highest BCUT2D eigenvalue weighted by atomic mass is 16.5. The van der Waals surface area contributed by atoms with E-state index in [-0.39, 0.29) is 120 Å². The summed E-state index contributed by atoms with van der Waals surface area (Å²) in [5.74, 6) is -2.92. The molecule has 0 radical (unpaired) electrons. The van der Waals surface area contributed by atoms with Crippen LogP contribution >= 0.6 is 0 Å². The molecule has 13 bridgehead atoms. The van der Waals surface area contributed by atoms with Gasteiger partial charge in [-0.05, 0) is 159 Å². The molecule has 5 aliphatic heterocycles. The molecule has 5 heterocycles. The quantitative estimate of drug-likeness (QED) is 0.0833. The van der Waals surface area contributed by atoms with Crippen LogP contribution in [0.5, 0.6) is 46.0 Å². The van der Waals surface area contributed by atoms with Gasteiger partial charge < -0.3 is 39.4 Å². The Morgan fingerprint density at radius 2 is 0.922 bits per heavy atom. The molecular formula is C74H88N4O12. The fraction of sp³-hybridized carbons (Fsp3) is 0.514. The van der Waals surface area contributed by atoms with Gasteiger partial charge in [-0.15, -0.1) is 0 Å². The second-order valence-electron chi connectivity index (χ2n) is 29.1. The first kappa shape index (κ1) is 63.7. The summed E-state index contributed by atoms with van der Waals surface area (Å²) in [6.07, 6.45) is 12.7. The SMILES string of the molecule is CCC12CCC(=O)Oc3cc(c(O)c(C(C)(C)C)c3)/C=N/C3CC(C)=CCC3/N=C/c3cc4cc(c3O)C(C)(C)C35C1C(C)(C)c1cc(cc(c1O)/C=N/C1=C(CCCC1)/N=C/c1cc(cc(c1O)C3(C)C)OC(=O)CCC5(CC)CCC(=O)O4)OC(=O)CC2. The van der Waals surface area contributed by atoms with Crippen LogP contribution in [0.2, 0.25) is 0 Å². The third-order valence-electron chi connectivity index (χ3n) is 22.1. The van der Waals surface area contributed by atoms with Crippen molar-refractivity contribution in [3.8, 4) is 46.0 Å². The van der Waals surface area contributed by atoms with Gasteiger partial charge in [-0.25, -0.2) is 0 Å². The minimum Gasteiger partial charge on any atom is -0.507 e. The van der Waals surface area contributed by atoms with Gasteiger partial charge >= 0.3 is 23.9 Å². The lowest BCUT2D eigenvalue weighted by Crippen LogP contribution is -2.72. The molecule has 0 amide bonds. The maximum Gasteiger partial charge on any atom is 0.311 e. The number of rotatable bonds is 2. The van der Waals surface area contributed by atoms with Crippen molar-refractivity contribution in [3.05, 3.63) is 116 Å². The molecule has 0 saturated heterocycles. The molecule has 90 heavy (non-hydrogen) atoms. The number of esters is 4. The molecule has 0 saturated carbocycles. The number of benzene rings is 4. The number of hydrogen-bond donors (Lipinski definition) is 4. The predicted octanol–water partition coefficient (Wildman–Crippen LogP) is 14.9. The van der Waals surface area contributed by atoms with Crippen LogP contribution in [-0.2, 0) is 40.8 Å². The summed E-state index contributed by atoms with van der Waals surface area (Å²) in [5, 5.41) is 53.0. The van der Waals surface area contributed by atoms with Gasteiger partial charge in [-0.3, -0.25) is 39.1 Å². The van der Waals surface area contributed by atoms with E-state index in [2.05, 4.69) is 61.5 Å². The normalized spacial score (nSPS) is 28.8. The van der Waals surface area contributed by atoms with E-state index in [0.29, 0.717) is 71.3 Å². The average molecular weight is 1230 g/mol. The van der Waals surface area contributed by atoms with Gasteiger partial charge in [0, 0.05) is 106 Å². The van der Waals surface area contributed by atoms with Crippen molar-refractivity contribution in [1.82, 2.24) is 0 Å². The Morgan fingerprint density at radius 3 is 1.38 bits per heavy atom. The van der Waals surface area contributed by atoms with Crippen LogP contribution in [0.15, 0.2) is 91.5 Å². The second kappa shape index (κ2) is 23.4. The summed E-state index contributed by atoms with van der Waals surface area (Å²) in [4.78, 5) is 81.1. The van der Waals surface area contributed by atoms with E-state index in [9.17, 15) is 20.4 Å². The Kier molecular flexibility index (Phi) is 16.6. The summed E-state index contributed by atoms with van der Waals surface area (Å²) in [6, 6.07) is 12.5. The zero-order valence-corrected chi connectivity index (χ0v) is 54.4. The van der Waals surface area contributed by atoms with Crippen LogP contribution in [0.3, 0.4) is 0 Å². The highest BCUT2D eigenvalue weighted by molar-refractivity contribution is 5.90. The Hall–Kier alpha value is -7.88. The number of aromatic hydroxyl groups is 4. The van der Waals surface area contributed by atoms with E-state index in [0.717, 1.165) is 18.4 Å². The van der Waals surface area contributed by atoms with Crippen LogP contribution in [0.4, 0.5) is 0 Å². The highest BCUT2D eigenvalue weighted by Crippen LogP contribution is 2.78. The van der Waals surface area contributed by atoms with Gasteiger partial charge in [0.15, 0.2) is 0 Å². The number of phenolic OH excluding ortho intramolecular Hbond substituents is 4. The maximum absolute atomic E-state index is 15.5. The van der Waals surface area contributed by atoms with Crippen LogP contribution in [-0.4, -0.2) is 81.2 Å². The molecule has 16 nitrogen and oxygen atoms in total. The van der Waals surface area contributed by atoms with Crippen LogP contribution in [0.25, 0.3) is 0 Å². The van der Waals surface area contributed by atoms with Crippen molar-refractivity contribution in [2.75, 3.05) is 0 Å². The van der Waals surface area contributed by atoms with E-state index in [1.54, 1.807) is 73.4 Å². The Bertz CT molecular complexity index is 3810. The van der Waals surface area contributed by atoms with Crippen molar-refractivity contribution in [2.24, 2.45) is 42.1 Å². The average Bonchev–Trinajstić information content (AvgIpc) is 0.658. The van der Waals surface area contributed by atoms with E-state index in [4.69, 9.17) is 38.9 Å². The number of aliphatic imine (C=N–C) groups is 4. The third-order valence-corrected chi connectivity index (χ3v) is 22.1. The number of carbonyl (C=O) groups excluding carboxylic acids is 4.